The molecule has 0 radical (unpaired) electrons. The van der Waals surface area contributed by atoms with Crippen LogP contribution in [0, 0.1) is 0 Å². The van der Waals surface area contributed by atoms with Gasteiger partial charge in [-0.3, -0.25) is 9.36 Å². The molecule has 12 heteroatoms. The van der Waals surface area contributed by atoms with Gasteiger partial charge in [-0.25, -0.2) is 13.2 Å². The highest BCUT2D eigenvalue weighted by molar-refractivity contribution is 7.89. The highest BCUT2D eigenvalue weighted by Crippen LogP contribution is 2.43. The number of hydrogen-bond donors (Lipinski definition) is 1. The third-order valence-electron chi connectivity index (χ3n) is 7.47. The molecule has 1 unspecified atom stereocenters. The van der Waals surface area contributed by atoms with Crippen LogP contribution in [0.1, 0.15) is 43.0 Å². The second kappa shape index (κ2) is 11.5. The summed E-state index contributed by atoms with van der Waals surface area (Å²) in [4.78, 5) is 26.6. The van der Waals surface area contributed by atoms with E-state index in [4.69, 9.17) is 4.74 Å². The molecular formula is C31H29F3N2O6S. The average molecular weight is 615 g/mol. The lowest BCUT2D eigenvalue weighted by Crippen LogP contribution is -2.50. The predicted octanol–water partition coefficient (Wildman–Crippen LogP) is 5.72. The molecular weight excluding hydrogens is 585 g/mol. The summed E-state index contributed by atoms with van der Waals surface area (Å²) in [5.74, 6) is -1.77. The van der Waals surface area contributed by atoms with Crippen molar-refractivity contribution < 1.29 is 36.2 Å². The number of rotatable bonds is 8. The van der Waals surface area contributed by atoms with Crippen LogP contribution in [0.3, 0.4) is 0 Å². The molecule has 2 heterocycles. The number of benzene rings is 3. The molecule has 1 aliphatic rings. The number of aromatic nitrogens is 1. The van der Waals surface area contributed by atoms with Gasteiger partial charge in [0.05, 0.1) is 12.2 Å². The number of ether oxygens (including phenoxy) is 1. The molecule has 0 saturated heterocycles. The van der Waals surface area contributed by atoms with Crippen LogP contribution in [0.5, 0.6) is 5.75 Å². The van der Waals surface area contributed by atoms with Crippen molar-refractivity contribution in [3.63, 3.8) is 0 Å². The van der Waals surface area contributed by atoms with E-state index in [0.717, 1.165) is 33.3 Å². The molecule has 1 atom stereocenters. The Balaban J connectivity index is 1.96. The summed E-state index contributed by atoms with van der Waals surface area (Å²) in [6.45, 7) is 2.71. The lowest BCUT2D eigenvalue weighted by Gasteiger charge is -2.35. The molecule has 1 aromatic heterocycles. The van der Waals surface area contributed by atoms with E-state index in [1.54, 1.807) is 26.0 Å². The summed E-state index contributed by atoms with van der Waals surface area (Å²) in [6.07, 6.45) is -4.49. The highest BCUT2D eigenvalue weighted by atomic mass is 32.2. The molecule has 0 bridgehead atoms. The van der Waals surface area contributed by atoms with Crippen molar-refractivity contribution in [1.29, 1.82) is 0 Å². The Kier molecular flexibility index (Phi) is 8.10. The van der Waals surface area contributed by atoms with E-state index in [2.05, 4.69) is 0 Å². The summed E-state index contributed by atoms with van der Waals surface area (Å²) in [7, 11) is -4.55. The third kappa shape index (κ3) is 5.40. The minimum Gasteiger partial charge on any atom is -0.488 e. The number of pyridine rings is 1. The molecule has 1 N–H and O–H groups in total. The monoisotopic (exact) mass is 614 g/mol. The van der Waals surface area contributed by atoms with Gasteiger partial charge < -0.3 is 9.84 Å². The van der Waals surface area contributed by atoms with Crippen LogP contribution in [0.2, 0.25) is 0 Å². The normalized spacial score (nSPS) is 16.6. The van der Waals surface area contributed by atoms with Crippen molar-refractivity contribution in [3.05, 3.63) is 93.8 Å². The number of carbonyl (C=O) groups is 1. The van der Waals surface area contributed by atoms with E-state index in [9.17, 15) is 36.3 Å². The number of hydrogen-bond acceptors (Lipinski definition) is 5. The molecule has 0 saturated carbocycles. The van der Waals surface area contributed by atoms with Crippen molar-refractivity contribution in [2.45, 2.75) is 43.9 Å². The van der Waals surface area contributed by atoms with Gasteiger partial charge in [0.2, 0.25) is 0 Å². The first-order chi connectivity index (χ1) is 20.4. The van der Waals surface area contributed by atoms with Crippen molar-refractivity contribution >= 4 is 26.8 Å². The molecule has 0 aliphatic carbocycles. The van der Waals surface area contributed by atoms with Crippen molar-refractivity contribution in [2.75, 3.05) is 19.7 Å². The second-order valence-electron chi connectivity index (χ2n) is 10.2. The number of fused-ring (bicyclic) bond motifs is 2. The highest BCUT2D eigenvalue weighted by Gasteiger charge is 2.45. The smallest absolute Gasteiger partial charge is 0.416 e. The minimum atomic E-state index is -4.75. The Bertz CT molecular complexity index is 1880. The second-order valence-corrected chi connectivity index (χ2v) is 12.1. The van der Waals surface area contributed by atoms with Crippen molar-refractivity contribution in [2.24, 2.45) is 0 Å². The van der Waals surface area contributed by atoms with Crippen LogP contribution in [-0.4, -0.2) is 48.1 Å². The van der Waals surface area contributed by atoms with Gasteiger partial charge in [-0.05, 0) is 47.4 Å². The van der Waals surface area contributed by atoms with Gasteiger partial charge >= 0.3 is 12.1 Å². The number of carboxylic acids is 1. The van der Waals surface area contributed by atoms with Gasteiger partial charge in [-0.15, -0.1) is 0 Å². The van der Waals surface area contributed by atoms with Gasteiger partial charge in [-0.2, -0.15) is 17.5 Å². The first-order valence-electron chi connectivity index (χ1n) is 13.7. The number of halogens is 3. The summed E-state index contributed by atoms with van der Waals surface area (Å²) in [6, 6.07) is 15.3. The number of carboxylic acid groups (broad SMARTS) is 1. The average Bonchev–Trinajstić information content (AvgIpc) is 2.96. The molecule has 0 fully saturated rings. The Labute approximate surface area is 246 Å². The largest absolute Gasteiger partial charge is 0.488 e. The van der Waals surface area contributed by atoms with Gasteiger partial charge in [0, 0.05) is 30.6 Å². The molecule has 8 nitrogen and oxygen atoms in total. The maximum absolute atomic E-state index is 14.2. The maximum atomic E-state index is 14.2. The van der Waals surface area contributed by atoms with E-state index >= 15 is 0 Å². The third-order valence-corrected chi connectivity index (χ3v) is 9.37. The molecule has 3 aromatic carbocycles. The van der Waals surface area contributed by atoms with E-state index in [1.807, 2.05) is 30.3 Å². The first-order valence-corrected chi connectivity index (χ1v) is 15.2. The number of nitrogens with zero attached hydrogens (tertiary/aromatic N) is 2. The molecule has 226 valence electrons. The molecule has 1 aliphatic heterocycles. The summed E-state index contributed by atoms with van der Waals surface area (Å²) in [5.41, 5.74) is -1.62. The molecule has 0 amide bonds. The number of sulfonamides is 1. The van der Waals surface area contributed by atoms with Crippen molar-refractivity contribution in [3.8, 4) is 16.9 Å². The van der Waals surface area contributed by atoms with E-state index < -0.39 is 50.9 Å². The Morgan fingerprint density at radius 3 is 2.42 bits per heavy atom. The SMILES string of the molecule is CCCN1CC(C(=O)O)n2c(c(-c3cccc(C(F)(F)F)c3)c(Cc3cccc4ccccc34)c(OCC)c2=O)S1(=O)=O. The fraction of sp³-hybridized carbons (Fsp3) is 0.290. The summed E-state index contributed by atoms with van der Waals surface area (Å²) >= 11 is 0. The van der Waals surface area contributed by atoms with Crippen LogP contribution < -0.4 is 10.3 Å². The minimum absolute atomic E-state index is 0.0361. The zero-order valence-electron chi connectivity index (χ0n) is 23.4. The van der Waals surface area contributed by atoms with Crippen LogP contribution in [0.15, 0.2) is 76.6 Å². The Morgan fingerprint density at radius 2 is 1.74 bits per heavy atom. The predicted molar refractivity (Wildman–Crippen MR) is 155 cm³/mol. The number of alkyl halides is 3. The van der Waals surface area contributed by atoms with Gasteiger partial charge in [0.15, 0.2) is 10.8 Å². The van der Waals surface area contributed by atoms with Gasteiger partial charge in [0.1, 0.15) is 6.04 Å². The Hall–Kier alpha value is -4.16. The fourth-order valence-corrected chi connectivity index (χ4v) is 7.58. The van der Waals surface area contributed by atoms with Gasteiger partial charge in [0.25, 0.3) is 15.6 Å². The van der Waals surface area contributed by atoms with E-state index in [0.29, 0.717) is 16.6 Å². The number of aliphatic carboxylic acids is 1. The topological polar surface area (TPSA) is 106 Å². The summed E-state index contributed by atoms with van der Waals surface area (Å²) in [5, 5.41) is 11.1. The van der Waals surface area contributed by atoms with Crippen LogP contribution in [0.4, 0.5) is 13.2 Å². The van der Waals surface area contributed by atoms with Crippen LogP contribution in [0.25, 0.3) is 21.9 Å². The molecule has 5 rings (SSSR count). The van der Waals surface area contributed by atoms with Crippen LogP contribution >= 0.6 is 0 Å². The van der Waals surface area contributed by atoms with Crippen molar-refractivity contribution in [1.82, 2.24) is 8.87 Å². The van der Waals surface area contributed by atoms with Gasteiger partial charge in [-0.1, -0.05) is 61.5 Å². The summed E-state index contributed by atoms with van der Waals surface area (Å²) < 4.78 is 77.5. The van der Waals surface area contributed by atoms with E-state index in [-0.39, 0.29) is 42.0 Å². The van der Waals surface area contributed by atoms with Crippen LogP contribution in [-0.2, 0) is 27.4 Å². The fourth-order valence-electron chi connectivity index (χ4n) is 5.62. The molecule has 43 heavy (non-hydrogen) atoms. The quantitative estimate of drug-likeness (QED) is 0.272. The van der Waals surface area contributed by atoms with E-state index in [1.165, 1.54) is 6.07 Å². The standard InChI is InChI=1S/C31H29F3N2O6S/c1-3-15-35-18-25(30(38)39)36-28(37)27(42-4-2)24(17-20-11-7-10-19-9-5-6-14-23(19)20)26(29(36)43(35,40)41)21-12-8-13-22(16-21)31(32,33)34/h5-14,16,25H,3-4,15,17-18H2,1-2H3,(H,38,39). The first kappa shape index (κ1) is 30.3. The zero-order chi connectivity index (χ0) is 31.1. The zero-order valence-corrected chi connectivity index (χ0v) is 24.2. The lowest BCUT2D eigenvalue weighted by atomic mass is 9.92. The maximum Gasteiger partial charge on any atom is 0.416 e. The lowest BCUT2D eigenvalue weighted by molar-refractivity contribution is -0.141. The molecule has 4 aromatic rings. The molecule has 0 spiro atoms. The Morgan fingerprint density at radius 1 is 1.05 bits per heavy atom.